The average molecular weight is 345 g/mol. The summed E-state index contributed by atoms with van der Waals surface area (Å²) in [6, 6.07) is 0. The summed E-state index contributed by atoms with van der Waals surface area (Å²) in [5.41, 5.74) is 0. The van der Waals surface area contributed by atoms with Crippen molar-refractivity contribution in [3.63, 3.8) is 0 Å². The quantitative estimate of drug-likeness (QED) is 0.814. The first-order chi connectivity index (χ1) is 12.3. The minimum Gasteiger partial charge on any atom is -0.425 e. The van der Waals surface area contributed by atoms with E-state index < -0.39 is 0 Å². The molecule has 5 heteroatoms. The third-order valence-corrected chi connectivity index (χ3v) is 6.45. The smallest absolute Gasteiger partial charge is 0.225 e. The van der Waals surface area contributed by atoms with E-state index in [-0.39, 0.29) is 11.8 Å². The Hall–Kier alpha value is -1.39. The highest BCUT2D eigenvalue weighted by Crippen LogP contribution is 2.34. The van der Waals surface area contributed by atoms with Crippen molar-refractivity contribution in [2.24, 2.45) is 5.92 Å². The van der Waals surface area contributed by atoms with E-state index in [1.807, 2.05) is 0 Å². The van der Waals surface area contributed by atoms with Crippen LogP contribution in [0.4, 0.5) is 0 Å². The Morgan fingerprint density at radius 3 is 2.12 bits per heavy atom. The van der Waals surface area contributed by atoms with Crippen molar-refractivity contribution in [1.29, 1.82) is 0 Å². The monoisotopic (exact) mass is 345 g/mol. The summed E-state index contributed by atoms with van der Waals surface area (Å²) in [5, 5.41) is 8.72. The Morgan fingerprint density at radius 1 is 0.800 bits per heavy atom. The number of hydrogen-bond donors (Lipinski definition) is 0. The number of carbonyl (C=O) groups excluding carboxylic acids is 1. The second-order valence-electron chi connectivity index (χ2n) is 8.27. The summed E-state index contributed by atoms with van der Waals surface area (Å²) in [4.78, 5) is 14.9. The van der Waals surface area contributed by atoms with Crippen LogP contribution in [0, 0.1) is 5.92 Å². The minimum atomic E-state index is 0.228. The molecule has 1 aromatic heterocycles. The Bertz CT molecular complexity index is 573. The summed E-state index contributed by atoms with van der Waals surface area (Å²) in [6.45, 7) is 1.66. The van der Waals surface area contributed by atoms with Crippen LogP contribution in [0.2, 0.25) is 0 Å². The van der Waals surface area contributed by atoms with Crippen molar-refractivity contribution in [2.45, 2.75) is 88.9 Å². The number of rotatable bonds is 3. The van der Waals surface area contributed by atoms with E-state index in [2.05, 4.69) is 15.1 Å². The van der Waals surface area contributed by atoms with Gasteiger partial charge in [-0.1, -0.05) is 38.5 Å². The molecule has 0 N–H and O–H groups in total. The molecule has 2 saturated carbocycles. The predicted octanol–water partition coefficient (Wildman–Crippen LogP) is 4.40. The Morgan fingerprint density at radius 2 is 1.40 bits per heavy atom. The molecule has 2 heterocycles. The summed E-state index contributed by atoms with van der Waals surface area (Å²) >= 11 is 0. The Kier molecular flexibility index (Phi) is 5.37. The number of aromatic nitrogens is 2. The first-order valence-corrected chi connectivity index (χ1v) is 10.4. The van der Waals surface area contributed by atoms with Gasteiger partial charge in [-0.2, -0.15) is 0 Å². The van der Waals surface area contributed by atoms with E-state index in [0.717, 1.165) is 50.6 Å². The lowest BCUT2D eigenvalue weighted by Crippen LogP contribution is -2.42. The van der Waals surface area contributed by atoms with Gasteiger partial charge in [-0.15, -0.1) is 10.2 Å². The molecule has 0 bridgehead atoms. The number of carbonyl (C=O) groups is 1. The lowest BCUT2D eigenvalue weighted by Gasteiger charge is -2.34. The zero-order chi connectivity index (χ0) is 17.1. The molecule has 1 aromatic rings. The predicted molar refractivity (Wildman–Crippen MR) is 95.3 cm³/mol. The molecule has 1 amide bonds. The molecule has 1 atom stereocenters. The Labute approximate surface area is 150 Å². The van der Waals surface area contributed by atoms with E-state index in [9.17, 15) is 4.79 Å². The molecule has 3 fully saturated rings. The van der Waals surface area contributed by atoms with E-state index in [1.54, 1.807) is 0 Å². The summed E-state index contributed by atoms with van der Waals surface area (Å²) in [5.74, 6) is 2.92. The van der Waals surface area contributed by atoms with Crippen LogP contribution in [0.25, 0.3) is 0 Å². The summed E-state index contributed by atoms with van der Waals surface area (Å²) < 4.78 is 6.08. The molecule has 1 unspecified atom stereocenters. The third-order valence-electron chi connectivity index (χ3n) is 6.45. The molecule has 3 aliphatic rings. The number of piperidine rings is 1. The summed E-state index contributed by atoms with van der Waals surface area (Å²) in [7, 11) is 0. The molecular formula is C20H31N3O2. The van der Waals surface area contributed by atoms with Crippen molar-refractivity contribution in [1.82, 2.24) is 15.1 Å². The average Bonchev–Trinajstić information content (AvgIpc) is 3.19. The minimum absolute atomic E-state index is 0.228. The van der Waals surface area contributed by atoms with E-state index in [1.165, 1.54) is 51.4 Å². The highest BCUT2D eigenvalue weighted by molar-refractivity contribution is 5.79. The van der Waals surface area contributed by atoms with Crippen LogP contribution < -0.4 is 0 Å². The topological polar surface area (TPSA) is 59.2 Å². The van der Waals surface area contributed by atoms with E-state index in [0.29, 0.717) is 11.8 Å². The second-order valence-corrected chi connectivity index (χ2v) is 8.27. The van der Waals surface area contributed by atoms with Gasteiger partial charge in [0.25, 0.3) is 0 Å². The molecule has 2 aliphatic carbocycles. The molecule has 25 heavy (non-hydrogen) atoms. The molecular weight excluding hydrogens is 314 g/mol. The lowest BCUT2D eigenvalue weighted by molar-refractivity contribution is -0.137. The summed E-state index contributed by atoms with van der Waals surface area (Å²) in [6.07, 6.45) is 14.2. The Balaban J connectivity index is 1.39. The van der Waals surface area contributed by atoms with E-state index in [4.69, 9.17) is 4.42 Å². The maximum absolute atomic E-state index is 12.8. The van der Waals surface area contributed by atoms with Gasteiger partial charge < -0.3 is 9.32 Å². The van der Waals surface area contributed by atoms with Crippen LogP contribution in [0.5, 0.6) is 0 Å². The van der Waals surface area contributed by atoms with Crippen LogP contribution in [-0.2, 0) is 4.79 Å². The highest BCUT2D eigenvalue weighted by atomic mass is 16.4. The number of nitrogens with zero attached hydrogens (tertiary/aromatic N) is 3. The van der Waals surface area contributed by atoms with Crippen molar-refractivity contribution in [2.75, 3.05) is 13.1 Å². The molecule has 0 aromatic carbocycles. The number of likely N-dealkylation sites (tertiary alicyclic amines) is 1. The van der Waals surface area contributed by atoms with Crippen LogP contribution in [0.3, 0.4) is 0 Å². The van der Waals surface area contributed by atoms with Gasteiger partial charge in [0.15, 0.2) is 0 Å². The molecule has 5 nitrogen and oxygen atoms in total. The number of amides is 1. The SMILES string of the molecule is O=C(C1CCCCC1)N1CCCC(c2nnc(C3CCCCC3)o2)C1. The lowest BCUT2D eigenvalue weighted by atomic mass is 9.87. The van der Waals surface area contributed by atoms with Crippen molar-refractivity contribution < 1.29 is 9.21 Å². The highest BCUT2D eigenvalue weighted by Gasteiger charge is 2.33. The third kappa shape index (κ3) is 3.90. The van der Waals surface area contributed by atoms with Gasteiger partial charge in [0.2, 0.25) is 17.7 Å². The second kappa shape index (κ2) is 7.88. The number of hydrogen-bond acceptors (Lipinski definition) is 4. The van der Waals surface area contributed by atoms with Gasteiger partial charge in [-0.25, -0.2) is 0 Å². The first kappa shape index (κ1) is 17.0. The van der Waals surface area contributed by atoms with Gasteiger partial charge in [-0.05, 0) is 38.5 Å². The van der Waals surface area contributed by atoms with Crippen LogP contribution in [0.1, 0.15) is 101 Å². The normalized spacial score (nSPS) is 26.7. The van der Waals surface area contributed by atoms with Gasteiger partial charge in [0.05, 0.1) is 5.92 Å². The van der Waals surface area contributed by atoms with Crippen LogP contribution in [-0.4, -0.2) is 34.1 Å². The maximum Gasteiger partial charge on any atom is 0.225 e. The van der Waals surface area contributed by atoms with Gasteiger partial charge in [0, 0.05) is 24.9 Å². The molecule has 0 spiro atoms. The molecule has 1 saturated heterocycles. The zero-order valence-electron chi connectivity index (χ0n) is 15.3. The van der Waals surface area contributed by atoms with Crippen molar-refractivity contribution in [3.05, 3.63) is 11.8 Å². The van der Waals surface area contributed by atoms with Crippen LogP contribution >= 0.6 is 0 Å². The van der Waals surface area contributed by atoms with Crippen molar-refractivity contribution >= 4 is 5.91 Å². The fourth-order valence-corrected chi connectivity index (χ4v) is 4.91. The maximum atomic E-state index is 12.8. The molecule has 1 aliphatic heterocycles. The van der Waals surface area contributed by atoms with Gasteiger partial charge in [-0.3, -0.25) is 4.79 Å². The van der Waals surface area contributed by atoms with Gasteiger partial charge >= 0.3 is 0 Å². The molecule has 138 valence electrons. The van der Waals surface area contributed by atoms with Crippen LogP contribution in [0.15, 0.2) is 4.42 Å². The van der Waals surface area contributed by atoms with E-state index >= 15 is 0 Å². The molecule has 4 rings (SSSR count). The van der Waals surface area contributed by atoms with Crippen molar-refractivity contribution in [3.8, 4) is 0 Å². The fourth-order valence-electron chi connectivity index (χ4n) is 4.91. The first-order valence-electron chi connectivity index (χ1n) is 10.4. The fraction of sp³-hybridized carbons (Fsp3) is 0.850. The largest absolute Gasteiger partial charge is 0.425 e. The molecule has 0 radical (unpaired) electrons. The van der Waals surface area contributed by atoms with Gasteiger partial charge in [0.1, 0.15) is 0 Å². The zero-order valence-corrected chi connectivity index (χ0v) is 15.3. The standard InChI is InChI=1S/C20H31N3O2/c24-20(16-10-5-2-6-11-16)23-13-7-12-17(14-23)19-22-21-18(25-19)15-8-3-1-4-9-15/h15-17H,1-14H2.